The molecule has 3 aliphatic rings. The second-order valence-electron chi connectivity index (χ2n) is 15.5. The van der Waals surface area contributed by atoms with Gasteiger partial charge in [-0.3, -0.25) is 19.4 Å². The quantitative estimate of drug-likeness (QED) is 0.0235. The van der Waals surface area contributed by atoms with Crippen LogP contribution in [-0.2, 0) is 49.5 Å². The van der Waals surface area contributed by atoms with Gasteiger partial charge in [-0.2, -0.15) is 8.91 Å². The summed E-state index contributed by atoms with van der Waals surface area (Å²) in [5.41, 5.74) is 5.09. The number of nitrogens with zero attached hydrogens (tertiary/aromatic N) is 3. The van der Waals surface area contributed by atoms with E-state index in [1.165, 1.54) is 12.1 Å². The van der Waals surface area contributed by atoms with Gasteiger partial charge in [-0.15, -0.1) is 5.06 Å². The predicted molar refractivity (Wildman–Crippen MR) is 218 cm³/mol. The number of hydroxylamine groups is 2. The van der Waals surface area contributed by atoms with E-state index in [0.29, 0.717) is 55.3 Å². The summed E-state index contributed by atoms with van der Waals surface area (Å²) < 4.78 is 42.0. The normalized spacial score (nSPS) is 17.6. The molecule has 60 heavy (non-hydrogen) atoms. The summed E-state index contributed by atoms with van der Waals surface area (Å²) >= 11 is 0.952. The van der Waals surface area contributed by atoms with Gasteiger partial charge in [0.15, 0.2) is 5.71 Å². The third-order valence-corrected chi connectivity index (χ3v) is 12.3. The third-order valence-electron chi connectivity index (χ3n) is 10.8. The maximum Gasteiger partial charge on any atom is 1.00 e. The fourth-order valence-electron chi connectivity index (χ4n) is 7.73. The van der Waals surface area contributed by atoms with Gasteiger partial charge in [-0.1, -0.05) is 38.5 Å². The number of unbranched alkanes of at least 4 members (excludes halogenated alkanes) is 3. The first-order chi connectivity index (χ1) is 28.0. The summed E-state index contributed by atoms with van der Waals surface area (Å²) in [5.74, 6) is -1.32. The van der Waals surface area contributed by atoms with Crippen LogP contribution in [0.3, 0.4) is 0 Å². The van der Waals surface area contributed by atoms with Crippen LogP contribution in [0.25, 0.3) is 0 Å². The number of anilines is 1. The van der Waals surface area contributed by atoms with Crippen LogP contribution in [0.2, 0.25) is 0 Å². The van der Waals surface area contributed by atoms with Crippen molar-refractivity contribution in [2.24, 2.45) is 0 Å². The van der Waals surface area contributed by atoms with E-state index in [-0.39, 0.29) is 59.6 Å². The number of fused-ring (bicyclic) bond motifs is 2. The zero-order chi connectivity index (χ0) is 43.0. The molecular weight excluding hydrogens is 824 g/mol. The van der Waals surface area contributed by atoms with Crippen LogP contribution >= 0.6 is 12.0 Å². The minimum absolute atomic E-state index is 0. The maximum absolute atomic E-state index is 13.3. The molecule has 1 fully saturated rings. The van der Waals surface area contributed by atoms with Crippen molar-refractivity contribution in [3.8, 4) is 0 Å². The Balaban J connectivity index is 0.00000794. The number of nitrogens with one attached hydrogen (secondary N) is 1. The van der Waals surface area contributed by atoms with Crippen LogP contribution in [0.5, 0.6) is 0 Å². The molecule has 0 atom stereocenters. The van der Waals surface area contributed by atoms with Gasteiger partial charge in [0.1, 0.15) is 16.7 Å². The van der Waals surface area contributed by atoms with Gasteiger partial charge in [0.25, 0.3) is 17.7 Å². The van der Waals surface area contributed by atoms with E-state index < -0.39 is 38.7 Å². The number of rotatable bonds is 20. The molecule has 0 saturated carbocycles. The van der Waals surface area contributed by atoms with E-state index in [9.17, 15) is 37.4 Å². The Bertz CT molecular complexity index is 2170. The van der Waals surface area contributed by atoms with Crippen molar-refractivity contribution >= 4 is 62.9 Å². The number of carbonyl (C=O) groups excluding carboxylic acids is 4. The van der Waals surface area contributed by atoms with Crippen molar-refractivity contribution in [2.75, 3.05) is 30.3 Å². The summed E-state index contributed by atoms with van der Waals surface area (Å²) in [7, 11) is -4.60. The number of hydrogen-bond acceptors (Lipinski definition) is 13. The molecule has 2 aromatic carbocycles. The summed E-state index contributed by atoms with van der Waals surface area (Å²) in [4.78, 5) is 55.4. The van der Waals surface area contributed by atoms with Crippen molar-refractivity contribution in [3.63, 3.8) is 0 Å². The van der Waals surface area contributed by atoms with Crippen molar-refractivity contribution in [1.29, 1.82) is 0 Å². The van der Waals surface area contributed by atoms with Crippen LogP contribution in [0.1, 0.15) is 107 Å². The molecule has 5 rings (SSSR count). The van der Waals surface area contributed by atoms with Crippen molar-refractivity contribution < 1.29 is 85.7 Å². The Morgan fingerprint density at radius 2 is 1.67 bits per heavy atom. The molecule has 2 aromatic rings. The summed E-state index contributed by atoms with van der Waals surface area (Å²) in [6.07, 6.45) is 13.3. The number of imide groups is 1. The van der Waals surface area contributed by atoms with Gasteiger partial charge < -0.3 is 24.9 Å². The molecule has 318 valence electrons. The van der Waals surface area contributed by atoms with Gasteiger partial charge in [-0.05, 0) is 82.0 Å². The second kappa shape index (κ2) is 21.4. The maximum atomic E-state index is 13.3. The molecule has 3 amide bonds. The minimum atomic E-state index is -4.60. The number of benzene rings is 2. The fourth-order valence-corrected chi connectivity index (χ4v) is 8.66. The molecule has 15 nitrogen and oxygen atoms in total. The van der Waals surface area contributed by atoms with Crippen LogP contribution in [-0.4, -0.2) is 77.4 Å². The van der Waals surface area contributed by atoms with E-state index >= 15 is 0 Å². The van der Waals surface area contributed by atoms with E-state index in [1.54, 1.807) is 12.1 Å². The zero-order valence-corrected chi connectivity index (χ0v) is 38.6. The fraction of sp³-hybridized carbons (Fsp3) is 0.452. The van der Waals surface area contributed by atoms with E-state index in [0.717, 1.165) is 58.8 Å². The zero-order valence-electron chi connectivity index (χ0n) is 35.0. The first-order valence-corrected chi connectivity index (χ1v) is 22.0. The molecule has 0 unspecified atom stereocenters. The Morgan fingerprint density at radius 3 is 2.35 bits per heavy atom. The van der Waals surface area contributed by atoms with Gasteiger partial charge >= 0.3 is 35.5 Å². The molecule has 1 saturated heterocycles. The Labute approximate surface area is 377 Å². The van der Waals surface area contributed by atoms with Crippen LogP contribution in [0.15, 0.2) is 77.4 Å². The minimum Gasteiger partial charge on any atom is -0.744 e. The molecule has 0 aliphatic carbocycles. The average Bonchev–Trinajstić information content (AvgIpc) is 3.71. The van der Waals surface area contributed by atoms with Gasteiger partial charge in [0.2, 0.25) is 5.69 Å². The molecule has 1 N–H and O–H groups in total. The molecule has 18 heteroatoms. The first kappa shape index (κ1) is 49.0. The van der Waals surface area contributed by atoms with Crippen molar-refractivity contribution in [2.45, 2.75) is 102 Å². The number of carbonyl (C=O) groups is 4. The number of likely N-dealkylation sites (N-methyl/N-ethyl adjacent to an activating group) is 1. The SMILES string of the molecule is CCN1/C(=C/C=C/C=C/C2=[N+](CCCCSOO[O-])c3ccc(C(=O)NCCCCCC(=O)ON4C(=O)CCC4=O)cc3C2(C)C)C(C)(C)c2cc(S(=O)(=O)[O-])ccc21.[Na+]. The average molecular weight is 875 g/mol. The van der Waals surface area contributed by atoms with Crippen LogP contribution in [0, 0.1) is 0 Å². The number of hydrogen-bond donors (Lipinski definition) is 1. The molecule has 0 spiro atoms. The monoisotopic (exact) mass is 874 g/mol. The molecule has 0 radical (unpaired) electrons. The Morgan fingerprint density at radius 1 is 0.933 bits per heavy atom. The largest absolute Gasteiger partial charge is 1.00 e. The summed E-state index contributed by atoms with van der Waals surface area (Å²) in [6, 6.07) is 10.2. The number of amides is 3. The van der Waals surface area contributed by atoms with Gasteiger partial charge in [-0.25, -0.2) is 13.2 Å². The van der Waals surface area contributed by atoms with Gasteiger partial charge in [0, 0.05) is 96.6 Å². The Hall–Kier alpha value is -3.65. The van der Waals surface area contributed by atoms with E-state index in [1.807, 2.05) is 57.2 Å². The molecule has 3 aliphatic heterocycles. The van der Waals surface area contributed by atoms with Crippen molar-refractivity contribution in [3.05, 3.63) is 89.2 Å². The second-order valence-corrected chi connectivity index (χ2v) is 17.6. The standard InChI is InChI=1S/C42H52N4O11S2.Na/c1-6-44-33-21-19-30(59(52,53)54)28-32(33)42(4,5)35(44)15-9-7-10-16-36-41(2,3)31-27-29(18-20-34(31)45(36)25-13-14-26-58-57-56-51)40(50)43-24-12-8-11-17-39(49)55-46-37(47)22-23-38(46)48;/h7,9-10,15-16,18-21,27-28H,6,8,11-14,17,22-26H2,1-5H3,(H2-,43,50,51,52,53,54);/q;+1/p-1. The van der Waals surface area contributed by atoms with Gasteiger partial charge in [0.05, 0.1) is 10.3 Å². The van der Waals surface area contributed by atoms with Crippen LogP contribution < -0.4 is 45.0 Å². The molecular formula is C42H51N4NaO11S2. The molecule has 0 aromatic heterocycles. The van der Waals surface area contributed by atoms with Crippen LogP contribution in [0.4, 0.5) is 11.4 Å². The molecule has 0 bridgehead atoms. The predicted octanol–water partition coefficient (Wildman–Crippen LogP) is 2.33. The topological polar surface area (TPSA) is 198 Å². The smallest absolute Gasteiger partial charge is 0.744 e. The van der Waals surface area contributed by atoms with E-state index in [2.05, 4.69) is 44.1 Å². The van der Waals surface area contributed by atoms with Crippen molar-refractivity contribution in [1.82, 2.24) is 10.4 Å². The first-order valence-electron chi connectivity index (χ1n) is 19.7. The Kier molecular flexibility index (Phi) is 17.5. The van der Waals surface area contributed by atoms with E-state index in [4.69, 9.17) is 4.84 Å². The molecule has 3 heterocycles. The summed E-state index contributed by atoms with van der Waals surface area (Å²) in [6.45, 7) is 12.0. The number of allylic oxidation sites excluding steroid dienone is 6. The third kappa shape index (κ3) is 11.4. The summed E-state index contributed by atoms with van der Waals surface area (Å²) in [5, 5.41) is 17.2.